The third kappa shape index (κ3) is 11.0. The molecule has 2 rings (SSSR count). The van der Waals surface area contributed by atoms with E-state index in [4.69, 9.17) is 23.7 Å². The van der Waals surface area contributed by atoms with E-state index in [1.54, 1.807) is 0 Å². The molecule has 2 fully saturated rings. The summed E-state index contributed by atoms with van der Waals surface area (Å²) in [6.45, 7) is 3.46. The molecule has 0 spiro atoms. The topological polar surface area (TPSA) is 188 Å². The molecule has 0 bridgehead atoms. The van der Waals surface area contributed by atoms with Crippen LogP contribution < -0.4 is 0 Å². The zero-order chi connectivity index (χ0) is 28.8. The molecule has 39 heavy (non-hydrogen) atoms. The Balaban J connectivity index is 1.70. The lowest BCUT2D eigenvalue weighted by Crippen LogP contribution is -2.64. The first-order chi connectivity index (χ1) is 18.7. The van der Waals surface area contributed by atoms with Gasteiger partial charge in [-0.25, -0.2) is 0 Å². The van der Waals surface area contributed by atoms with Crippen molar-refractivity contribution in [3.05, 3.63) is 0 Å². The summed E-state index contributed by atoms with van der Waals surface area (Å²) in [6.07, 6.45) is -2.65. The van der Waals surface area contributed by atoms with Crippen molar-refractivity contribution in [2.75, 3.05) is 26.4 Å². The van der Waals surface area contributed by atoms with E-state index >= 15 is 0 Å². The van der Waals surface area contributed by atoms with Crippen LogP contribution >= 0.6 is 0 Å². The second kappa shape index (κ2) is 18.9. The van der Waals surface area contributed by atoms with Gasteiger partial charge in [0, 0.05) is 6.61 Å². The molecule has 2 saturated heterocycles. The van der Waals surface area contributed by atoms with Crippen LogP contribution in [0.15, 0.2) is 0 Å². The molecule has 0 aromatic carbocycles. The van der Waals surface area contributed by atoms with Gasteiger partial charge in [0.15, 0.2) is 12.6 Å². The van der Waals surface area contributed by atoms with Gasteiger partial charge in [-0.2, -0.15) is 0 Å². The molecular formula is C27H52O12. The van der Waals surface area contributed by atoms with Crippen LogP contribution in [0, 0.1) is 0 Å². The van der Waals surface area contributed by atoms with Crippen molar-refractivity contribution in [3.8, 4) is 0 Å². The summed E-state index contributed by atoms with van der Waals surface area (Å²) >= 11 is 0. The Morgan fingerprint density at radius 2 is 1.18 bits per heavy atom. The van der Waals surface area contributed by atoms with Crippen molar-refractivity contribution < 1.29 is 59.4 Å². The highest BCUT2D eigenvalue weighted by Crippen LogP contribution is 2.29. The highest BCUT2D eigenvalue weighted by atomic mass is 16.7. The van der Waals surface area contributed by atoms with E-state index in [1.165, 1.54) is 51.4 Å². The predicted octanol–water partition coefficient (Wildman–Crippen LogP) is -0.0469. The molecule has 0 radical (unpaired) electrons. The van der Waals surface area contributed by atoms with Crippen molar-refractivity contribution in [1.29, 1.82) is 0 Å². The van der Waals surface area contributed by atoms with Gasteiger partial charge in [-0.05, 0) is 13.3 Å². The summed E-state index contributed by atoms with van der Waals surface area (Å²) in [5, 5.41) is 70.5. The molecule has 2 aliphatic heterocycles. The fourth-order valence-corrected chi connectivity index (χ4v) is 4.85. The van der Waals surface area contributed by atoms with Crippen LogP contribution in [0.2, 0.25) is 0 Å². The smallest absolute Gasteiger partial charge is 0.187 e. The van der Waals surface area contributed by atoms with E-state index in [9.17, 15) is 35.7 Å². The van der Waals surface area contributed by atoms with Crippen LogP contribution in [0.1, 0.15) is 78.1 Å². The minimum absolute atomic E-state index is 0.0859. The molecule has 0 saturated carbocycles. The average molecular weight is 569 g/mol. The number of rotatable bonds is 19. The molecule has 0 aliphatic carbocycles. The largest absolute Gasteiger partial charge is 0.394 e. The van der Waals surface area contributed by atoms with E-state index in [0.29, 0.717) is 6.61 Å². The van der Waals surface area contributed by atoms with Gasteiger partial charge >= 0.3 is 0 Å². The summed E-state index contributed by atoms with van der Waals surface area (Å²) in [5.74, 6) is 0. The first-order valence-corrected chi connectivity index (χ1v) is 14.6. The quantitative estimate of drug-likeness (QED) is 0.103. The molecule has 232 valence electrons. The number of aliphatic hydroxyl groups is 7. The summed E-state index contributed by atoms with van der Waals surface area (Å²) < 4.78 is 27.9. The van der Waals surface area contributed by atoms with Crippen molar-refractivity contribution >= 4 is 0 Å². The Hall–Kier alpha value is -0.480. The molecule has 7 N–H and O–H groups in total. The van der Waals surface area contributed by atoms with Gasteiger partial charge in [-0.1, -0.05) is 64.7 Å². The standard InChI is InChI=1S/C27H52O12/c1-3-4-5-6-7-8-9-10-11-12-13-35-17(2)16-36-26-24(34)22(32)25(19(15-29)38-26)39-27-23(33)21(31)20(30)18(14-28)37-27/h17-34H,3-16H2,1-2H3/t17?,18-,19-,20+,21+,22-,23-,24-,25-,26+,27+/m1/s1. The van der Waals surface area contributed by atoms with Gasteiger partial charge in [0.05, 0.1) is 25.9 Å². The fourth-order valence-electron chi connectivity index (χ4n) is 4.85. The van der Waals surface area contributed by atoms with Gasteiger partial charge in [-0.15, -0.1) is 0 Å². The molecule has 1 unspecified atom stereocenters. The predicted molar refractivity (Wildman–Crippen MR) is 140 cm³/mol. The van der Waals surface area contributed by atoms with Gasteiger partial charge in [0.25, 0.3) is 0 Å². The highest BCUT2D eigenvalue weighted by Gasteiger charge is 2.50. The van der Waals surface area contributed by atoms with E-state index in [2.05, 4.69) is 6.92 Å². The van der Waals surface area contributed by atoms with Crippen molar-refractivity contribution in [1.82, 2.24) is 0 Å². The minimum atomic E-state index is -1.71. The lowest BCUT2D eigenvalue weighted by atomic mass is 9.97. The number of hydrogen-bond donors (Lipinski definition) is 7. The van der Waals surface area contributed by atoms with Crippen LogP contribution in [0.25, 0.3) is 0 Å². The molecule has 2 aliphatic rings. The average Bonchev–Trinajstić information content (AvgIpc) is 2.93. The van der Waals surface area contributed by atoms with Gasteiger partial charge in [0.2, 0.25) is 0 Å². The number of unbranched alkanes of at least 4 members (excludes halogenated alkanes) is 9. The maximum atomic E-state index is 10.7. The third-order valence-electron chi connectivity index (χ3n) is 7.36. The Bertz CT molecular complexity index is 624. The van der Waals surface area contributed by atoms with Gasteiger partial charge in [0.1, 0.15) is 48.8 Å². The molecule has 0 aromatic rings. The van der Waals surface area contributed by atoms with E-state index in [1.807, 2.05) is 6.92 Å². The van der Waals surface area contributed by atoms with E-state index in [-0.39, 0.29) is 12.7 Å². The maximum Gasteiger partial charge on any atom is 0.187 e. The SMILES string of the molecule is CCCCCCCCCCCCOC(C)CO[C@H]1O[C@H](CO)[C@@H](O[C@@H]2O[C@H](CO)[C@H](O)[C@H](O)[C@H]2O)[C@H](O)[C@H]1O. The number of hydrogen-bond acceptors (Lipinski definition) is 12. The number of aliphatic hydroxyl groups excluding tert-OH is 7. The normalized spacial score (nSPS) is 36.2. The van der Waals surface area contributed by atoms with Gasteiger partial charge in [-0.3, -0.25) is 0 Å². The summed E-state index contributed by atoms with van der Waals surface area (Å²) in [7, 11) is 0. The van der Waals surface area contributed by atoms with Crippen LogP contribution in [-0.4, -0.2) is 130 Å². The van der Waals surface area contributed by atoms with Crippen LogP contribution in [0.3, 0.4) is 0 Å². The molecule has 11 atom stereocenters. The Morgan fingerprint density at radius 1 is 0.641 bits per heavy atom. The molecule has 0 amide bonds. The van der Waals surface area contributed by atoms with Crippen molar-refractivity contribution in [2.45, 2.75) is 146 Å². The molecular weight excluding hydrogens is 516 g/mol. The first kappa shape index (κ1) is 34.7. The Labute approximate surface area is 231 Å². The lowest BCUT2D eigenvalue weighted by Gasteiger charge is -2.46. The van der Waals surface area contributed by atoms with E-state index in [0.717, 1.165) is 12.8 Å². The summed E-state index contributed by atoms with van der Waals surface area (Å²) in [5.41, 5.74) is 0. The number of ether oxygens (including phenoxy) is 5. The summed E-state index contributed by atoms with van der Waals surface area (Å²) in [4.78, 5) is 0. The lowest BCUT2D eigenvalue weighted by molar-refractivity contribution is -0.360. The zero-order valence-electron chi connectivity index (χ0n) is 23.4. The second-order valence-electron chi connectivity index (χ2n) is 10.7. The van der Waals surface area contributed by atoms with Crippen molar-refractivity contribution in [2.24, 2.45) is 0 Å². The monoisotopic (exact) mass is 568 g/mol. The second-order valence-corrected chi connectivity index (χ2v) is 10.7. The first-order valence-electron chi connectivity index (χ1n) is 14.6. The fraction of sp³-hybridized carbons (Fsp3) is 1.00. The summed E-state index contributed by atoms with van der Waals surface area (Å²) in [6, 6.07) is 0. The molecule has 0 aromatic heterocycles. The molecule has 2 heterocycles. The Morgan fingerprint density at radius 3 is 1.77 bits per heavy atom. The maximum absolute atomic E-state index is 10.7. The van der Waals surface area contributed by atoms with Crippen LogP contribution in [0.5, 0.6) is 0 Å². The zero-order valence-corrected chi connectivity index (χ0v) is 23.4. The van der Waals surface area contributed by atoms with Crippen LogP contribution in [0.4, 0.5) is 0 Å². The molecule has 12 heteroatoms. The molecule has 12 nitrogen and oxygen atoms in total. The van der Waals surface area contributed by atoms with Gasteiger partial charge < -0.3 is 59.4 Å². The third-order valence-corrected chi connectivity index (χ3v) is 7.36. The highest BCUT2D eigenvalue weighted by molar-refractivity contribution is 4.94. The minimum Gasteiger partial charge on any atom is -0.394 e. The Kier molecular flexibility index (Phi) is 16.8. The van der Waals surface area contributed by atoms with E-state index < -0.39 is 74.6 Å². The van der Waals surface area contributed by atoms with Crippen LogP contribution in [-0.2, 0) is 23.7 Å². The van der Waals surface area contributed by atoms with Crippen molar-refractivity contribution in [3.63, 3.8) is 0 Å².